The molecule has 100 valence electrons. The molecule has 0 aliphatic carbocycles. The molecule has 0 aromatic heterocycles. The zero-order chi connectivity index (χ0) is 13.8. The average Bonchev–Trinajstić information content (AvgIpc) is 2.27. The van der Waals surface area contributed by atoms with Crippen LogP contribution in [-0.2, 0) is 4.74 Å². The number of para-hydroxylation sites is 1. The lowest BCUT2D eigenvalue weighted by Crippen LogP contribution is -2.24. The maximum Gasteiger partial charge on any atom is 0.573 e. The lowest BCUT2D eigenvalue weighted by atomic mass is 10.1. The first-order valence-electron chi connectivity index (χ1n) is 5.35. The minimum Gasteiger partial charge on any atom is -0.405 e. The van der Waals surface area contributed by atoms with E-state index in [4.69, 9.17) is 4.74 Å². The normalized spacial score (nSPS) is 13.2. The first-order valence-corrected chi connectivity index (χ1v) is 5.35. The van der Waals surface area contributed by atoms with Gasteiger partial charge in [-0.2, -0.15) is 0 Å². The molecule has 0 amide bonds. The highest BCUT2D eigenvalue weighted by Gasteiger charge is 2.33. The van der Waals surface area contributed by atoms with E-state index in [1.165, 1.54) is 25.1 Å². The third kappa shape index (κ3) is 4.03. The number of alkyl halides is 3. The first-order chi connectivity index (χ1) is 8.35. The molecule has 0 bridgehead atoms. The van der Waals surface area contributed by atoms with Crippen LogP contribution in [0.3, 0.4) is 0 Å². The number of hydrogen-bond donors (Lipinski definition) is 0. The molecule has 0 saturated carbocycles. The molecule has 0 aliphatic rings. The van der Waals surface area contributed by atoms with Crippen LogP contribution in [0.2, 0.25) is 0 Å². The van der Waals surface area contributed by atoms with Crippen molar-refractivity contribution < 1.29 is 27.4 Å². The molecular weight excluding hydrogens is 249 g/mol. The van der Waals surface area contributed by atoms with Gasteiger partial charge in [0.05, 0.1) is 5.56 Å². The second kappa shape index (κ2) is 5.86. The molecule has 6 heteroatoms. The van der Waals surface area contributed by atoms with Crippen molar-refractivity contribution in [2.75, 3.05) is 6.61 Å². The zero-order valence-corrected chi connectivity index (χ0v) is 9.95. The Bertz CT molecular complexity index is 415. The minimum atomic E-state index is -4.83. The highest BCUT2D eigenvalue weighted by molar-refractivity contribution is 6.01. The summed E-state index contributed by atoms with van der Waals surface area (Å²) in [6.45, 7) is 3.48. The van der Waals surface area contributed by atoms with E-state index in [0.717, 1.165) is 6.07 Å². The maximum absolute atomic E-state index is 12.2. The lowest BCUT2D eigenvalue weighted by molar-refractivity contribution is -0.274. The Labute approximate surface area is 103 Å². The predicted molar refractivity (Wildman–Crippen MR) is 58.5 cm³/mol. The number of carbonyl (C=O) groups is 1. The Morgan fingerprint density at radius 2 is 1.94 bits per heavy atom. The lowest BCUT2D eigenvalue weighted by Gasteiger charge is -2.15. The topological polar surface area (TPSA) is 35.5 Å². The average molecular weight is 262 g/mol. The van der Waals surface area contributed by atoms with Gasteiger partial charge in [-0.15, -0.1) is 13.2 Å². The van der Waals surface area contributed by atoms with E-state index in [0.29, 0.717) is 6.61 Å². The minimum absolute atomic E-state index is 0.143. The second-order valence-electron chi connectivity index (χ2n) is 3.51. The van der Waals surface area contributed by atoms with Crippen LogP contribution in [0.4, 0.5) is 13.2 Å². The van der Waals surface area contributed by atoms with Gasteiger partial charge in [0.2, 0.25) is 0 Å². The maximum atomic E-state index is 12.2. The number of Topliss-reactive ketones (excluding diaryl/α,β-unsaturated/α-hetero) is 1. The molecule has 0 saturated heterocycles. The van der Waals surface area contributed by atoms with Crippen molar-refractivity contribution >= 4 is 5.78 Å². The fourth-order valence-electron chi connectivity index (χ4n) is 1.43. The van der Waals surface area contributed by atoms with Gasteiger partial charge < -0.3 is 9.47 Å². The van der Waals surface area contributed by atoms with Crippen LogP contribution in [-0.4, -0.2) is 24.9 Å². The highest BCUT2D eigenvalue weighted by Crippen LogP contribution is 2.27. The van der Waals surface area contributed by atoms with Gasteiger partial charge >= 0.3 is 6.36 Å². The summed E-state index contributed by atoms with van der Waals surface area (Å²) in [5, 5.41) is 0. The molecule has 0 radical (unpaired) electrons. The molecule has 1 aromatic rings. The number of hydrogen-bond acceptors (Lipinski definition) is 3. The van der Waals surface area contributed by atoms with Crippen molar-refractivity contribution in [1.82, 2.24) is 0 Å². The van der Waals surface area contributed by atoms with Crippen LogP contribution >= 0.6 is 0 Å². The van der Waals surface area contributed by atoms with E-state index in [1.807, 2.05) is 0 Å². The summed E-state index contributed by atoms with van der Waals surface area (Å²) in [7, 11) is 0. The van der Waals surface area contributed by atoms with Gasteiger partial charge in [0.15, 0.2) is 5.78 Å². The zero-order valence-electron chi connectivity index (χ0n) is 9.95. The van der Waals surface area contributed by atoms with Crippen LogP contribution in [0.25, 0.3) is 0 Å². The number of halogens is 3. The summed E-state index contributed by atoms with van der Waals surface area (Å²) in [6.07, 6.45) is -5.64. The molecular formula is C12H13F3O3. The van der Waals surface area contributed by atoms with E-state index in [1.54, 1.807) is 6.92 Å². The molecule has 1 atom stereocenters. The number of ether oxygens (including phenoxy) is 2. The van der Waals surface area contributed by atoms with Crippen LogP contribution in [0.5, 0.6) is 5.75 Å². The number of ketones is 1. The van der Waals surface area contributed by atoms with Crippen molar-refractivity contribution in [3.63, 3.8) is 0 Å². The van der Waals surface area contributed by atoms with Crippen LogP contribution in [0.1, 0.15) is 24.2 Å². The van der Waals surface area contributed by atoms with Crippen molar-refractivity contribution in [1.29, 1.82) is 0 Å². The quantitative estimate of drug-likeness (QED) is 0.764. The largest absolute Gasteiger partial charge is 0.573 e. The van der Waals surface area contributed by atoms with Crippen LogP contribution in [0.15, 0.2) is 24.3 Å². The Kier molecular flexibility index (Phi) is 4.72. The van der Waals surface area contributed by atoms with E-state index in [9.17, 15) is 18.0 Å². The summed E-state index contributed by atoms with van der Waals surface area (Å²) >= 11 is 0. The monoisotopic (exact) mass is 262 g/mol. The van der Waals surface area contributed by atoms with Gasteiger partial charge in [0, 0.05) is 6.61 Å². The van der Waals surface area contributed by atoms with Gasteiger partial charge in [-0.05, 0) is 26.0 Å². The van der Waals surface area contributed by atoms with Crippen molar-refractivity contribution in [3.05, 3.63) is 29.8 Å². The van der Waals surface area contributed by atoms with E-state index >= 15 is 0 Å². The van der Waals surface area contributed by atoms with E-state index in [-0.39, 0.29) is 5.56 Å². The summed E-state index contributed by atoms with van der Waals surface area (Å²) in [5.74, 6) is -1.06. The number of rotatable bonds is 5. The third-order valence-electron chi connectivity index (χ3n) is 2.16. The van der Waals surface area contributed by atoms with Gasteiger partial charge in [0.25, 0.3) is 0 Å². The Morgan fingerprint density at radius 1 is 1.33 bits per heavy atom. The standard InChI is InChI=1S/C12H13F3O3/c1-3-17-8(2)11(16)9-6-4-5-7-10(9)18-12(13,14)15/h4-8H,3H2,1-2H3. The van der Waals surface area contributed by atoms with Gasteiger partial charge in [-0.1, -0.05) is 12.1 Å². The molecule has 1 rings (SSSR count). The third-order valence-corrected chi connectivity index (χ3v) is 2.16. The van der Waals surface area contributed by atoms with Crippen LogP contribution < -0.4 is 4.74 Å². The van der Waals surface area contributed by atoms with Gasteiger partial charge in [-0.25, -0.2) is 0 Å². The Morgan fingerprint density at radius 3 is 2.50 bits per heavy atom. The fraction of sp³-hybridized carbons (Fsp3) is 0.417. The molecule has 18 heavy (non-hydrogen) atoms. The van der Waals surface area contributed by atoms with Gasteiger partial charge in [-0.3, -0.25) is 4.79 Å². The summed E-state index contributed by atoms with van der Waals surface area (Å²) in [4.78, 5) is 11.9. The van der Waals surface area contributed by atoms with Crippen molar-refractivity contribution in [2.45, 2.75) is 26.3 Å². The van der Waals surface area contributed by atoms with E-state index < -0.39 is 24.0 Å². The molecule has 0 fully saturated rings. The highest BCUT2D eigenvalue weighted by atomic mass is 19.4. The summed E-state index contributed by atoms with van der Waals surface area (Å²) in [6, 6.07) is 5.21. The first kappa shape index (κ1) is 14.5. The molecule has 3 nitrogen and oxygen atoms in total. The Hall–Kier alpha value is -1.56. The SMILES string of the molecule is CCOC(C)C(=O)c1ccccc1OC(F)(F)F. The van der Waals surface area contributed by atoms with Crippen molar-refractivity contribution in [3.8, 4) is 5.75 Å². The molecule has 1 aromatic carbocycles. The summed E-state index contributed by atoms with van der Waals surface area (Å²) in [5.41, 5.74) is -0.143. The number of benzene rings is 1. The molecule has 1 unspecified atom stereocenters. The Balaban J connectivity index is 2.98. The molecule has 0 N–H and O–H groups in total. The predicted octanol–water partition coefficient (Wildman–Crippen LogP) is 3.19. The molecule has 0 spiro atoms. The van der Waals surface area contributed by atoms with Crippen molar-refractivity contribution in [2.24, 2.45) is 0 Å². The van der Waals surface area contributed by atoms with Gasteiger partial charge in [0.1, 0.15) is 11.9 Å². The van der Waals surface area contributed by atoms with Crippen LogP contribution in [0, 0.1) is 0 Å². The second-order valence-corrected chi connectivity index (χ2v) is 3.51. The van der Waals surface area contributed by atoms with E-state index in [2.05, 4.69) is 4.74 Å². The molecule has 0 aliphatic heterocycles. The smallest absolute Gasteiger partial charge is 0.405 e. The fourth-order valence-corrected chi connectivity index (χ4v) is 1.43. The summed E-state index contributed by atoms with van der Waals surface area (Å²) < 4.78 is 45.4. The number of carbonyl (C=O) groups excluding carboxylic acids is 1. The molecule has 0 heterocycles.